The third-order valence-corrected chi connectivity index (χ3v) is 2.85. The van der Waals surface area contributed by atoms with Crippen LogP contribution < -0.4 is 5.32 Å². The summed E-state index contributed by atoms with van der Waals surface area (Å²) in [5.74, 6) is -1.11. The number of methoxy groups -OCH3 is 1. The molecule has 0 radical (unpaired) electrons. The van der Waals surface area contributed by atoms with Gasteiger partial charge >= 0.3 is 5.97 Å². The predicted octanol–water partition coefficient (Wildman–Crippen LogP) is 0.0323. The van der Waals surface area contributed by atoms with Crippen molar-refractivity contribution in [1.29, 1.82) is 0 Å². The molecule has 7 nitrogen and oxygen atoms in total. The Balaban J connectivity index is 2.35. The molecule has 0 saturated carbocycles. The SMILES string of the molecule is COCCOCC(CC(C)C)NC(=O)[C@H]1O[C@@H]1C(=O)O. The van der Waals surface area contributed by atoms with E-state index in [2.05, 4.69) is 5.32 Å². The molecule has 1 fully saturated rings. The van der Waals surface area contributed by atoms with Gasteiger partial charge in [-0.25, -0.2) is 4.79 Å². The molecule has 1 heterocycles. The Hall–Kier alpha value is -1.18. The van der Waals surface area contributed by atoms with Crippen LogP contribution in [0.2, 0.25) is 0 Å². The number of nitrogens with one attached hydrogen (secondary N) is 1. The maximum Gasteiger partial charge on any atom is 0.336 e. The summed E-state index contributed by atoms with van der Waals surface area (Å²) < 4.78 is 15.1. The number of ether oxygens (including phenoxy) is 3. The van der Waals surface area contributed by atoms with E-state index in [9.17, 15) is 9.59 Å². The van der Waals surface area contributed by atoms with Gasteiger partial charge in [-0.3, -0.25) is 4.79 Å². The number of hydrogen-bond donors (Lipinski definition) is 2. The van der Waals surface area contributed by atoms with Crippen molar-refractivity contribution in [2.45, 2.75) is 38.5 Å². The van der Waals surface area contributed by atoms with Crippen molar-refractivity contribution >= 4 is 11.9 Å². The molecule has 3 atom stereocenters. The number of carboxylic acid groups (broad SMARTS) is 1. The van der Waals surface area contributed by atoms with Crippen LogP contribution in [0.15, 0.2) is 0 Å². The van der Waals surface area contributed by atoms with Crippen molar-refractivity contribution in [2.24, 2.45) is 5.92 Å². The minimum Gasteiger partial charge on any atom is -0.479 e. The van der Waals surface area contributed by atoms with Gasteiger partial charge in [0.05, 0.1) is 25.9 Å². The van der Waals surface area contributed by atoms with E-state index >= 15 is 0 Å². The monoisotopic (exact) mass is 289 g/mol. The Bertz CT molecular complexity index is 333. The molecule has 1 amide bonds. The van der Waals surface area contributed by atoms with E-state index in [1.165, 1.54) is 0 Å². The van der Waals surface area contributed by atoms with E-state index < -0.39 is 24.1 Å². The second-order valence-corrected chi connectivity index (χ2v) is 5.22. The van der Waals surface area contributed by atoms with Crippen LogP contribution in [0, 0.1) is 5.92 Å². The average molecular weight is 289 g/mol. The lowest BCUT2D eigenvalue weighted by atomic mass is 10.0. The van der Waals surface area contributed by atoms with Crippen LogP contribution in [0.5, 0.6) is 0 Å². The Kier molecular flexibility index (Phi) is 6.90. The predicted molar refractivity (Wildman–Crippen MR) is 70.4 cm³/mol. The molecule has 1 aliphatic heterocycles. The first-order chi connectivity index (χ1) is 9.45. The number of amides is 1. The number of carbonyl (C=O) groups is 2. The normalized spacial score (nSPS) is 22.6. The Morgan fingerprint density at radius 3 is 2.50 bits per heavy atom. The second-order valence-electron chi connectivity index (χ2n) is 5.22. The molecule has 1 aliphatic rings. The number of hydrogen-bond acceptors (Lipinski definition) is 5. The Labute approximate surface area is 118 Å². The molecule has 20 heavy (non-hydrogen) atoms. The summed E-state index contributed by atoms with van der Waals surface area (Å²) in [6.07, 6.45) is -1.13. The summed E-state index contributed by atoms with van der Waals surface area (Å²) in [5.41, 5.74) is 0. The maximum absolute atomic E-state index is 11.8. The van der Waals surface area contributed by atoms with Crippen LogP contribution in [0.4, 0.5) is 0 Å². The lowest BCUT2D eigenvalue weighted by molar-refractivity contribution is -0.138. The van der Waals surface area contributed by atoms with Gasteiger partial charge in [0.1, 0.15) is 0 Å². The molecule has 7 heteroatoms. The summed E-state index contributed by atoms with van der Waals surface area (Å²) in [5, 5.41) is 11.5. The van der Waals surface area contributed by atoms with Crippen LogP contribution in [0.1, 0.15) is 20.3 Å². The van der Waals surface area contributed by atoms with Gasteiger partial charge in [-0.05, 0) is 12.3 Å². The minimum atomic E-state index is -1.11. The Morgan fingerprint density at radius 2 is 2.00 bits per heavy atom. The van der Waals surface area contributed by atoms with E-state index in [0.29, 0.717) is 25.7 Å². The molecule has 1 unspecified atom stereocenters. The van der Waals surface area contributed by atoms with Crippen LogP contribution in [0.3, 0.4) is 0 Å². The fraction of sp³-hybridized carbons (Fsp3) is 0.846. The highest BCUT2D eigenvalue weighted by Crippen LogP contribution is 2.22. The third-order valence-electron chi connectivity index (χ3n) is 2.85. The molecule has 0 aromatic rings. The zero-order valence-electron chi connectivity index (χ0n) is 12.1. The maximum atomic E-state index is 11.8. The van der Waals surface area contributed by atoms with Crippen molar-refractivity contribution in [1.82, 2.24) is 5.32 Å². The van der Waals surface area contributed by atoms with Gasteiger partial charge in [0.15, 0.2) is 12.2 Å². The largest absolute Gasteiger partial charge is 0.479 e. The number of epoxide rings is 1. The van der Waals surface area contributed by atoms with Gasteiger partial charge in [-0.2, -0.15) is 0 Å². The van der Waals surface area contributed by atoms with E-state index in [0.717, 1.165) is 6.42 Å². The molecule has 0 bridgehead atoms. The van der Waals surface area contributed by atoms with E-state index in [4.69, 9.17) is 19.3 Å². The standard InChI is InChI=1S/C13H23NO6/c1-8(2)6-9(7-19-5-4-18-3)14-12(15)10-11(20-10)13(16)17/h8-11H,4-7H2,1-3H3,(H,14,15)(H,16,17)/t9?,10-,11-/m0/s1. The third kappa shape index (κ3) is 5.85. The van der Waals surface area contributed by atoms with Crippen LogP contribution in [-0.2, 0) is 23.8 Å². The molecular weight excluding hydrogens is 266 g/mol. The zero-order valence-corrected chi connectivity index (χ0v) is 12.1. The first kappa shape index (κ1) is 16.9. The van der Waals surface area contributed by atoms with Gasteiger partial charge < -0.3 is 24.6 Å². The van der Waals surface area contributed by atoms with Crippen LogP contribution in [-0.4, -0.2) is 62.2 Å². The molecule has 2 N–H and O–H groups in total. The second kappa shape index (κ2) is 8.18. The molecule has 0 aromatic heterocycles. The summed E-state index contributed by atoms with van der Waals surface area (Å²) in [6.45, 7) is 5.41. The van der Waals surface area contributed by atoms with E-state index in [-0.39, 0.29) is 6.04 Å². The van der Waals surface area contributed by atoms with Gasteiger partial charge in [-0.15, -0.1) is 0 Å². The van der Waals surface area contributed by atoms with E-state index in [1.807, 2.05) is 13.8 Å². The van der Waals surface area contributed by atoms with Gasteiger partial charge in [0, 0.05) is 7.11 Å². The minimum absolute atomic E-state index is 0.155. The number of carbonyl (C=O) groups excluding carboxylic acids is 1. The highest BCUT2D eigenvalue weighted by Gasteiger charge is 2.51. The smallest absolute Gasteiger partial charge is 0.336 e. The molecule has 0 aliphatic carbocycles. The fourth-order valence-corrected chi connectivity index (χ4v) is 1.89. The summed E-state index contributed by atoms with van der Waals surface area (Å²) in [4.78, 5) is 22.5. The van der Waals surface area contributed by atoms with Crippen molar-refractivity contribution in [2.75, 3.05) is 26.9 Å². The van der Waals surface area contributed by atoms with Crippen molar-refractivity contribution in [3.05, 3.63) is 0 Å². The zero-order chi connectivity index (χ0) is 15.1. The van der Waals surface area contributed by atoms with Crippen LogP contribution >= 0.6 is 0 Å². The molecule has 116 valence electrons. The summed E-state index contributed by atoms with van der Waals surface area (Å²) in [6, 6.07) is -0.155. The summed E-state index contributed by atoms with van der Waals surface area (Å²) in [7, 11) is 1.59. The lowest BCUT2D eigenvalue weighted by Gasteiger charge is -2.20. The molecule has 0 aromatic carbocycles. The molecule has 1 saturated heterocycles. The van der Waals surface area contributed by atoms with Gasteiger partial charge in [0.25, 0.3) is 5.91 Å². The fourth-order valence-electron chi connectivity index (χ4n) is 1.89. The van der Waals surface area contributed by atoms with Crippen LogP contribution in [0.25, 0.3) is 0 Å². The quantitative estimate of drug-likeness (QED) is 0.435. The van der Waals surface area contributed by atoms with Gasteiger partial charge in [0.2, 0.25) is 0 Å². The molecule has 0 spiro atoms. The Morgan fingerprint density at radius 1 is 1.30 bits per heavy atom. The highest BCUT2D eigenvalue weighted by molar-refractivity contribution is 5.92. The number of rotatable bonds is 10. The molecule has 1 rings (SSSR count). The summed E-state index contributed by atoms with van der Waals surface area (Å²) >= 11 is 0. The topological polar surface area (TPSA) is 97.4 Å². The van der Waals surface area contributed by atoms with Crippen molar-refractivity contribution in [3.8, 4) is 0 Å². The first-order valence-corrected chi connectivity index (χ1v) is 6.71. The van der Waals surface area contributed by atoms with Crippen molar-refractivity contribution < 1.29 is 28.9 Å². The number of aliphatic carboxylic acids is 1. The van der Waals surface area contributed by atoms with E-state index in [1.54, 1.807) is 7.11 Å². The molecular formula is C13H23NO6. The van der Waals surface area contributed by atoms with Gasteiger partial charge in [-0.1, -0.05) is 13.8 Å². The lowest BCUT2D eigenvalue weighted by Crippen LogP contribution is -2.42. The first-order valence-electron chi connectivity index (χ1n) is 6.71. The number of carboxylic acids is 1. The average Bonchev–Trinajstić information content (AvgIpc) is 3.13. The highest BCUT2D eigenvalue weighted by atomic mass is 16.6. The van der Waals surface area contributed by atoms with Crippen molar-refractivity contribution in [3.63, 3.8) is 0 Å².